The first kappa shape index (κ1) is 15.1. The van der Waals surface area contributed by atoms with E-state index in [0.717, 1.165) is 11.1 Å². The van der Waals surface area contributed by atoms with Crippen LogP contribution < -0.4 is 15.9 Å². The van der Waals surface area contributed by atoms with E-state index in [1.165, 1.54) is 12.1 Å². The fourth-order valence-electron chi connectivity index (χ4n) is 2.73. The van der Waals surface area contributed by atoms with Crippen molar-refractivity contribution in [3.8, 4) is 5.75 Å². The van der Waals surface area contributed by atoms with Crippen LogP contribution in [0.4, 0.5) is 0 Å². The minimum absolute atomic E-state index is 0.141. The lowest BCUT2D eigenvalue weighted by atomic mass is 10.2. The molecule has 4 aromatic rings. The third-order valence-corrected chi connectivity index (χ3v) is 3.91. The van der Waals surface area contributed by atoms with Gasteiger partial charge in [-0.15, -0.1) is 0 Å². The van der Waals surface area contributed by atoms with E-state index in [1.807, 2.05) is 19.1 Å². The van der Waals surface area contributed by atoms with Crippen molar-refractivity contribution in [3.63, 3.8) is 0 Å². The Morgan fingerprint density at radius 3 is 2.80 bits per heavy atom. The number of nitrogens with zero attached hydrogens (tertiary/aromatic N) is 2. The number of benzene rings is 1. The summed E-state index contributed by atoms with van der Waals surface area (Å²) in [5, 5.41) is 0.810. The zero-order chi connectivity index (χ0) is 17.4. The maximum Gasteiger partial charge on any atom is 0.336 e. The van der Waals surface area contributed by atoms with Crippen LogP contribution in [0, 0.1) is 6.92 Å². The molecule has 0 fully saturated rings. The smallest absolute Gasteiger partial charge is 0.336 e. The minimum Gasteiger partial charge on any atom is -0.487 e. The summed E-state index contributed by atoms with van der Waals surface area (Å²) in [6.07, 6.45) is 0. The molecule has 4 rings (SSSR count). The molecule has 0 spiro atoms. The highest BCUT2D eigenvalue weighted by molar-refractivity contribution is 5.77. The third-order valence-electron chi connectivity index (χ3n) is 3.91. The van der Waals surface area contributed by atoms with E-state index in [-0.39, 0.29) is 12.2 Å². The first-order valence-electron chi connectivity index (χ1n) is 7.75. The molecule has 0 amide bonds. The van der Waals surface area contributed by atoms with Gasteiger partial charge in [0.15, 0.2) is 0 Å². The van der Waals surface area contributed by atoms with Gasteiger partial charge in [-0.25, -0.2) is 9.78 Å². The molecule has 25 heavy (non-hydrogen) atoms. The van der Waals surface area contributed by atoms with Gasteiger partial charge in [0.2, 0.25) is 0 Å². The molecule has 124 valence electrons. The number of pyridine rings is 1. The van der Waals surface area contributed by atoms with E-state index >= 15 is 0 Å². The topological polar surface area (TPSA) is 73.8 Å². The molecule has 0 aliphatic rings. The van der Waals surface area contributed by atoms with Crippen molar-refractivity contribution in [1.82, 2.24) is 9.38 Å². The van der Waals surface area contributed by atoms with Gasteiger partial charge < -0.3 is 9.15 Å². The van der Waals surface area contributed by atoms with Gasteiger partial charge in [-0.05, 0) is 37.3 Å². The second-order valence-electron chi connectivity index (χ2n) is 5.69. The van der Waals surface area contributed by atoms with Crippen molar-refractivity contribution in [2.75, 3.05) is 0 Å². The van der Waals surface area contributed by atoms with E-state index in [2.05, 4.69) is 4.98 Å². The average molecular weight is 334 g/mol. The van der Waals surface area contributed by atoms with Crippen LogP contribution in [0.5, 0.6) is 5.75 Å². The predicted molar refractivity (Wildman–Crippen MR) is 93.0 cm³/mol. The Morgan fingerprint density at radius 2 is 1.92 bits per heavy atom. The minimum atomic E-state index is -0.413. The number of ether oxygens (including phenoxy) is 1. The molecule has 0 aliphatic carbocycles. The number of rotatable bonds is 3. The summed E-state index contributed by atoms with van der Waals surface area (Å²) in [7, 11) is 0. The molecule has 1 aromatic carbocycles. The van der Waals surface area contributed by atoms with E-state index in [4.69, 9.17) is 9.15 Å². The summed E-state index contributed by atoms with van der Waals surface area (Å²) < 4.78 is 12.4. The average Bonchev–Trinajstić information content (AvgIpc) is 2.59. The van der Waals surface area contributed by atoms with Gasteiger partial charge in [-0.1, -0.05) is 6.07 Å². The Kier molecular flexibility index (Phi) is 3.57. The highest BCUT2D eigenvalue weighted by Crippen LogP contribution is 2.20. The maximum atomic E-state index is 12.3. The number of fused-ring (bicyclic) bond motifs is 2. The van der Waals surface area contributed by atoms with Crippen LogP contribution in [0.3, 0.4) is 0 Å². The molecule has 0 atom stereocenters. The summed E-state index contributed by atoms with van der Waals surface area (Å²) in [5.41, 5.74) is 1.83. The number of aromatic nitrogens is 2. The lowest BCUT2D eigenvalue weighted by molar-refractivity contribution is 0.301. The molecule has 0 aliphatic heterocycles. The van der Waals surface area contributed by atoms with Gasteiger partial charge in [-0.3, -0.25) is 9.20 Å². The Labute approximate surface area is 141 Å². The van der Waals surface area contributed by atoms with Crippen LogP contribution in [0.2, 0.25) is 0 Å². The molecular weight excluding hydrogens is 320 g/mol. The summed E-state index contributed by atoms with van der Waals surface area (Å²) >= 11 is 0. The largest absolute Gasteiger partial charge is 0.487 e. The van der Waals surface area contributed by atoms with Crippen molar-refractivity contribution >= 4 is 16.6 Å². The van der Waals surface area contributed by atoms with Crippen LogP contribution >= 0.6 is 0 Å². The molecule has 6 nitrogen and oxygen atoms in total. The van der Waals surface area contributed by atoms with Gasteiger partial charge in [0.25, 0.3) is 5.56 Å². The lowest BCUT2D eigenvalue weighted by Crippen LogP contribution is -2.18. The lowest BCUT2D eigenvalue weighted by Gasteiger charge is -2.08. The van der Waals surface area contributed by atoms with Crippen LogP contribution in [-0.4, -0.2) is 9.38 Å². The van der Waals surface area contributed by atoms with Crippen LogP contribution in [0.25, 0.3) is 16.6 Å². The Morgan fingerprint density at radius 1 is 1.08 bits per heavy atom. The Hall–Kier alpha value is -3.41. The molecule has 0 bridgehead atoms. The molecule has 6 heteroatoms. The van der Waals surface area contributed by atoms with Gasteiger partial charge in [0.05, 0.1) is 5.69 Å². The van der Waals surface area contributed by atoms with Crippen molar-refractivity contribution in [3.05, 3.63) is 86.8 Å². The van der Waals surface area contributed by atoms with E-state index in [0.29, 0.717) is 22.7 Å². The molecule has 3 aromatic heterocycles. The monoisotopic (exact) mass is 334 g/mol. The molecule has 0 unspecified atom stereocenters. The van der Waals surface area contributed by atoms with Crippen LogP contribution in [0.1, 0.15) is 11.4 Å². The molecule has 0 N–H and O–H groups in total. The third kappa shape index (κ3) is 2.89. The summed E-state index contributed by atoms with van der Waals surface area (Å²) in [5.74, 6) is 0.535. The normalized spacial score (nSPS) is 11.1. The number of hydrogen-bond donors (Lipinski definition) is 0. The van der Waals surface area contributed by atoms with Gasteiger partial charge in [0.1, 0.15) is 23.6 Å². The van der Waals surface area contributed by atoms with Crippen LogP contribution in [0.15, 0.2) is 68.6 Å². The van der Waals surface area contributed by atoms with Crippen molar-refractivity contribution in [2.24, 2.45) is 0 Å². The SMILES string of the molecule is Cc1cccc2nc(COc3ccc4ccc(=O)oc4c3)cc(=O)n12. The Balaban J connectivity index is 1.64. The molecule has 3 heterocycles. The van der Waals surface area contributed by atoms with Crippen molar-refractivity contribution in [2.45, 2.75) is 13.5 Å². The van der Waals surface area contributed by atoms with Crippen molar-refractivity contribution in [1.29, 1.82) is 0 Å². The summed E-state index contributed by atoms with van der Waals surface area (Å²) in [6, 6.07) is 15.2. The quantitative estimate of drug-likeness (QED) is 0.539. The predicted octanol–water partition coefficient (Wildman–Crippen LogP) is 2.69. The van der Waals surface area contributed by atoms with E-state index in [9.17, 15) is 9.59 Å². The standard InChI is InChI=1S/C19H14N2O4/c1-12-3-2-4-17-20-14(9-18(22)21(12)17)11-24-15-7-5-13-6-8-19(23)25-16(13)10-15/h2-10H,11H2,1H3. The first-order chi connectivity index (χ1) is 12.1. The van der Waals surface area contributed by atoms with Crippen molar-refractivity contribution < 1.29 is 9.15 Å². The van der Waals surface area contributed by atoms with Crippen LogP contribution in [-0.2, 0) is 6.61 Å². The highest BCUT2D eigenvalue weighted by atomic mass is 16.5. The fourth-order valence-corrected chi connectivity index (χ4v) is 2.73. The Bertz CT molecular complexity index is 1210. The first-order valence-corrected chi connectivity index (χ1v) is 7.75. The summed E-state index contributed by atoms with van der Waals surface area (Å²) in [6.45, 7) is 2.00. The van der Waals surface area contributed by atoms with Gasteiger partial charge in [-0.2, -0.15) is 0 Å². The highest BCUT2D eigenvalue weighted by Gasteiger charge is 2.06. The molecular formula is C19H14N2O4. The maximum absolute atomic E-state index is 12.3. The number of hydrogen-bond acceptors (Lipinski definition) is 5. The van der Waals surface area contributed by atoms with Gasteiger partial charge >= 0.3 is 5.63 Å². The zero-order valence-electron chi connectivity index (χ0n) is 13.4. The summed E-state index contributed by atoms with van der Waals surface area (Å²) in [4.78, 5) is 28.0. The van der Waals surface area contributed by atoms with Gasteiger partial charge in [0, 0.05) is 29.3 Å². The molecule has 0 saturated carbocycles. The fraction of sp³-hybridized carbons (Fsp3) is 0.105. The van der Waals surface area contributed by atoms with E-state index in [1.54, 1.807) is 34.7 Å². The second kappa shape index (κ2) is 5.90. The number of aryl methyl sites for hydroxylation is 1. The zero-order valence-corrected chi connectivity index (χ0v) is 13.4. The van der Waals surface area contributed by atoms with E-state index < -0.39 is 5.63 Å². The second-order valence-corrected chi connectivity index (χ2v) is 5.69. The molecule has 0 radical (unpaired) electrons. The molecule has 0 saturated heterocycles.